The number of benzene rings is 2. The van der Waals surface area contributed by atoms with E-state index in [9.17, 15) is 14.4 Å². The standard InChI is InChI=1S/C24H29NO4S/c1-4-29-24(28)22(19-11-6-5-7-12-19)15-25-23(27)21(16-30-18(3)26)14-20-13-9-8-10-17(20)2/h5-13,21-22H,4,14-16H2,1-3H3,(H,25,27)/t21-,22?/m1/s1. The molecule has 2 atom stereocenters. The Labute approximate surface area is 182 Å². The van der Waals surface area contributed by atoms with Crippen LogP contribution in [-0.2, 0) is 25.5 Å². The number of thioether (sulfide) groups is 1. The lowest BCUT2D eigenvalue weighted by molar-refractivity contribution is -0.145. The lowest BCUT2D eigenvalue weighted by atomic mass is 9.95. The first-order valence-corrected chi connectivity index (χ1v) is 11.1. The molecule has 0 radical (unpaired) electrons. The normalized spacial score (nSPS) is 12.6. The molecule has 0 bridgehead atoms. The first kappa shape index (κ1) is 23.7. The maximum atomic E-state index is 13.0. The van der Waals surface area contributed by atoms with Gasteiger partial charge in [-0.2, -0.15) is 0 Å². The van der Waals surface area contributed by atoms with Crippen LogP contribution in [0.3, 0.4) is 0 Å². The molecule has 30 heavy (non-hydrogen) atoms. The van der Waals surface area contributed by atoms with Crippen LogP contribution in [0, 0.1) is 12.8 Å². The lowest BCUT2D eigenvalue weighted by Gasteiger charge is -2.20. The largest absolute Gasteiger partial charge is 0.465 e. The molecule has 0 aliphatic carbocycles. The number of hydrogen-bond donors (Lipinski definition) is 1. The van der Waals surface area contributed by atoms with Crippen LogP contribution in [0.1, 0.15) is 36.5 Å². The van der Waals surface area contributed by atoms with E-state index >= 15 is 0 Å². The minimum Gasteiger partial charge on any atom is -0.465 e. The Bertz CT molecular complexity index is 853. The summed E-state index contributed by atoms with van der Waals surface area (Å²) < 4.78 is 5.20. The summed E-state index contributed by atoms with van der Waals surface area (Å²) in [7, 11) is 0. The second-order valence-corrected chi connectivity index (χ2v) is 8.29. The molecule has 0 aliphatic heterocycles. The van der Waals surface area contributed by atoms with Crippen molar-refractivity contribution in [2.45, 2.75) is 33.1 Å². The van der Waals surface area contributed by atoms with Gasteiger partial charge in [0, 0.05) is 19.2 Å². The molecule has 5 nitrogen and oxygen atoms in total. The highest BCUT2D eigenvalue weighted by Crippen LogP contribution is 2.20. The Morgan fingerprint density at radius 2 is 1.70 bits per heavy atom. The molecule has 0 aromatic heterocycles. The monoisotopic (exact) mass is 427 g/mol. The molecular formula is C24H29NO4S. The fourth-order valence-electron chi connectivity index (χ4n) is 3.16. The Balaban J connectivity index is 2.12. The molecule has 160 valence electrons. The molecule has 0 heterocycles. The molecule has 2 rings (SSSR count). The van der Waals surface area contributed by atoms with E-state index in [4.69, 9.17) is 4.74 Å². The predicted octanol–water partition coefficient (Wildman–Crippen LogP) is 3.90. The third-order valence-corrected chi connectivity index (χ3v) is 5.82. The van der Waals surface area contributed by atoms with Crippen LogP contribution < -0.4 is 5.32 Å². The van der Waals surface area contributed by atoms with E-state index in [2.05, 4.69) is 5.32 Å². The van der Waals surface area contributed by atoms with Gasteiger partial charge < -0.3 is 10.1 Å². The van der Waals surface area contributed by atoms with E-state index in [1.54, 1.807) is 6.92 Å². The Kier molecular flexibility index (Phi) is 9.61. The van der Waals surface area contributed by atoms with Gasteiger partial charge in [0.05, 0.1) is 18.4 Å². The van der Waals surface area contributed by atoms with Gasteiger partial charge in [0.2, 0.25) is 5.91 Å². The summed E-state index contributed by atoms with van der Waals surface area (Å²) in [5, 5.41) is 2.90. The first-order chi connectivity index (χ1) is 14.4. The van der Waals surface area contributed by atoms with Crippen LogP contribution in [0.5, 0.6) is 0 Å². The third-order valence-electron chi connectivity index (χ3n) is 4.84. The first-order valence-electron chi connectivity index (χ1n) is 10.1. The number of nitrogens with one attached hydrogen (secondary N) is 1. The molecule has 2 aromatic rings. The van der Waals surface area contributed by atoms with E-state index < -0.39 is 5.92 Å². The zero-order chi connectivity index (χ0) is 21.9. The van der Waals surface area contributed by atoms with E-state index in [-0.39, 0.29) is 36.1 Å². The topological polar surface area (TPSA) is 72.5 Å². The summed E-state index contributed by atoms with van der Waals surface area (Å²) >= 11 is 1.15. The van der Waals surface area contributed by atoms with Gasteiger partial charge in [0.25, 0.3) is 0 Å². The number of carbonyl (C=O) groups excluding carboxylic acids is 3. The molecule has 0 spiro atoms. The van der Waals surface area contributed by atoms with Gasteiger partial charge in [0.15, 0.2) is 5.12 Å². The van der Waals surface area contributed by atoms with Gasteiger partial charge in [-0.25, -0.2) is 0 Å². The number of hydrogen-bond acceptors (Lipinski definition) is 5. The minimum absolute atomic E-state index is 0.0220. The molecule has 1 unspecified atom stereocenters. The van der Waals surface area contributed by atoms with Crippen LogP contribution in [0.15, 0.2) is 54.6 Å². The van der Waals surface area contributed by atoms with Crippen molar-refractivity contribution in [3.8, 4) is 0 Å². The van der Waals surface area contributed by atoms with E-state index in [0.717, 1.165) is 28.5 Å². The molecule has 1 N–H and O–H groups in total. The summed E-state index contributed by atoms with van der Waals surface area (Å²) in [6, 6.07) is 17.2. The van der Waals surface area contributed by atoms with E-state index in [0.29, 0.717) is 12.2 Å². The third kappa shape index (κ3) is 7.34. The summed E-state index contributed by atoms with van der Waals surface area (Å²) in [4.78, 5) is 36.9. The van der Waals surface area contributed by atoms with E-state index in [1.165, 1.54) is 6.92 Å². The Morgan fingerprint density at radius 1 is 1.03 bits per heavy atom. The second kappa shape index (κ2) is 12.2. The maximum absolute atomic E-state index is 13.0. The fourth-order valence-corrected chi connectivity index (χ4v) is 3.87. The number of ether oxygens (including phenoxy) is 1. The molecule has 0 saturated heterocycles. The number of esters is 1. The van der Waals surface area contributed by atoms with Crippen molar-refractivity contribution in [1.82, 2.24) is 5.32 Å². The van der Waals surface area contributed by atoms with Crippen LogP contribution in [0.4, 0.5) is 0 Å². The zero-order valence-corrected chi connectivity index (χ0v) is 18.5. The highest BCUT2D eigenvalue weighted by atomic mass is 32.2. The van der Waals surface area contributed by atoms with Crippen LogP contribution >= 0.6 is 11.8 Å². The van der Waals surface area contributed by atoms with Crippen LogP contribution in [-0.4, -0.2) is 35.9 Å². The number of amides is 1. The van der Waals surface area contributed by atoms with E-state index in [1.807, 2.05) is 61.5 Å². The van der Waals surface area contributed by atoms with Gasteiger partial charge in [-0.05, 0) is 37.0 Å². The van der Waals surface area contributed by atoms with Gasteiger partial charge in [-0.15, -0.1) is 0 Å². The summed E-state index contributed by atoms with van der Waals surface area (Å²) in [6.45, 7) is 5.70. The van der Waals surface area contributed by atoms with Crippen molar-refractivity contribution in [2.75, 3.05) is 18.9 Å². The van der Waals surface area contributed by atoms with Gasteiger partial charge in [-0.1, -0.05) is 66.4 Å². The summed E-state index contributed by atoms with van der Waals surface area (Å²) in [6.07, 6.45) is 0.536. The molecule has 6 heteroatoms. The van der Waals surface area contributed by atoms with Crippen LogP contribution in [0.25, 0.3) is 0 Å². The fraction of sp³-hybridized carbons (Fsp3) is 0.375. The van der Waals surface area contributed by atoms with Crippen molar-refractivity contribution < 1.29 is 19.1 Å². The molecule has 0 fully saturated rings. The molecule has 2 aromatic carbocycles. The van der Waals surface area contributed by atoms with Gasteiger partial charge >= 0.3 is 5.97 Å². The van der Waals surface area contributed by atoms with Crippen LogP contribution in [0.2, 0.25) is 0 Å². The average Bonchev–Trinajstić information content (AvgIpc) is 2.73. The number of carbonyl (C=O) groups is 3. The molecule has 0 saturated carbocycles. The van der Waals surface area contributed by atoms with Crippen molar-refractivity contribution >= 4 is 28.8 Å². The average molecular weight is 428 g/mol. The predicted molar refractivity (Wildman–Crippen MR) is 120 cm³/mol. The second-order valence-electron chi connectivity index (χ2n) is 7.09. The summed E-state index contributed by atoms with van der Waals surface area (Å²) in [5.74, 6) is -1.09. The highest BCUT2D eigenvalue weighted by molar-refractivity contribution is 8.13. The van der Waals surface area contributed by atoms with Gasteiger partial charge in [0.1, 0.15) is 0 Å². The SMILES string of the molecule is CCOC(=O)C(CNC(=O)[C@@H](CSC(C)=O)Cc1ccccc1C)c1ccccc1. The highest BCUT2D eigenvalue weighted by Gasteiger charge is 2.26. The van der Waals surface area contributed by atoms with Crippen molar-refractivity contribution in [2.24, 2.45) is 5.92 Å². The Morgan fingerprint density at radius 3 is 2.33 bits per heavy atom. The molecular weight excluding hydrogens is 398 g/mol. The molecule has 0 aliphatic rings. The van der Waals surface area contributed by atoms with Crippen molar-refractivity contribution in [3.63, 3.8) is 0 Å². The lowest BCUT2D eigenvalue weighted by Crippen LogP contribution is -2.38. The number of rotatable bonds is 10. The summed E-state index contributed by atoms with van der Waals surface area (Å²) in [5.41, 5.74) is 2.98. The smallest absolute Gasteiger partial charge is 0.315 e. The van der Waals surface area contributed by atoms with Gasteiger partial charge in [-0.3, -0.25) is 14.4 Å². The van der Waals surface area contributed by atoms with Crippen molar-refractivity contribution in [1.29, 1.82) is 0 Å². The maximum Gasteiger partial charge on any atom is 0.315 e. The molecule has 1 amide bonds. The Hall–Kier alpha value is -2.60. The zero-order valence-electron chi connectivity index (χ0n) is 17.7. The number of aryl methyl sites for hydroxylation is 1. The van der Waals surface area contributed by atoms with Crippen molar-refractivity contribution in [3.05, 3.63) is 71.3 Å². The minimum atomic E-state index is -0.574. The quantitative estimate of drug-likeness (QED) is 0.582.